The Morgan fingerprint density at radius 3 is 2.26 bits per heavy atom. The van der Waals surface area contributed by atoms with E-state index in [1.807, 2.05) is 0 Å². The van der Waals surface area contributed by atoms with Crippen LogP contribution in [0, 0.1) is 5.92 Å². The molecule has 2 rings (SSSR count). The molecule has 1 aromatic rings. The topological polar surface area (TPSA) is 69.2 Å². The molecule has 0 amide bonds. The lowest BCUT2D eigenvalue weighted by atomic mass is 10.0. The Kier molecular flexibility index (Phi) is 4.76. The molecule has 106 valence electrons. The number of methoxy groups -OCH3 is 2. The third-order valence-corrected chi connectivity index (χ3v) is 3.55. The van der Waals surface area contributed by atoms with E-state index in [9.17, 15) is 0 Å². The van der Waals surface area contributed by atoms with Crippen molar-refractivity contribution in [2.24, 2.45) is 5.92 Å². The maximum absolute atomic E-state index is 5.05. The van der Waals surface area contributed by atoms with Crippen molar-refractivity contribution in [1.29, 1.82) is 0 Å². The van der Waals surface area contributed by atoms with Crippen molar-refractivity contribution >= 4 is 5.95 Å². The zero-order valence-electron chi connectivity index (χ0n) is 11.8. The number of ether oxygens (including phenoxy) is 2. The Balaban J connectivity index is 2.05. The molecule has 1 aliphatic carbocycles. The lowest BCUT2D eigenvalue weighted by Crippen LogP contribution is -2.20. The average Bonchev–Trinajstić information content (AvgIpc) is 2.63. The summed E-state index contributed by atoms with van der Waals surface area (Å²) in [4.78, 5) is 12.4. The van der Waals surface area contributed by atoms with Gasteiger partial charge in [0.1, 0.15) is 0 Å². The maximum Gasteiger partial charge on any atom is 0.324 e. The molecule has 1 fully saturated rings. The predicted molar refractivity (Wildman–Crippen MR) is 72.6 cm³/mol. The van der Waals surface area contributed by atoms with Crippen molar-refractivity contribution in [3.8, 4) is 12.0 Å². The fraction of sp³-hybridized carbons (Fsp3) is 0.769. The maximum atomic E-state index is 5.05. The highest BCUT2D eigenvalue weighted by molar-refractivity contribution is 5.29. The highest BCUT2D eigenvalue weighted by Crippen LogP contribution is 2.24. The first kappa shape index (κ1) is 13.8. The van der Waals surface area contributed by atoms with Gasteiger partial charge in [0.2, 0.25) is 5.95 Å². The molecule has 6 heteroatoms. The molecule has 2 atom stereocenters. The number of nitrogens with zero attached hydrogens (tertiary/aromatic N) is 3. The van der Waals surface area contributed by atoms with Gasteiger partial charge in [-0.25, -0.2) is 0 Å². The average molecular weight is 266 g/mol. The molecular weight excluding hydrogens is 244 g/mol. The molecule has 0 aliphatic heterocycles. The Morgan fingerprint density at radius 2 is 1.63 bits per heavy atom. The predicted octanol–water partition coefficient (Wildman–Crippen LogP) is 2.27. The number of rotatable bonds is 4. The summed E-state index contributed by atoms with van der Waals surface area (Å²) in [7, 11) is 3.07. The minimum absolute atomic E-state index is 0.274. The molecular formula is C13H22N4O2. The van der Waals surface area contributed by atoms with Crippen LogP contribution < -0.4 is 14.8 Å². The largest absolute Gasteiger partial charge is 0.467 e. The summed E-state index contributed by atoms with van der Waals surface area (Å²) in [5.74, 6) is 1.34. The van der Waals surface area contributed by atoms with Crippen LogP contribution in [0.15, 0.2) is 0 Å². The monoisotopic (exact) mass is 266 g/mol. The van der Waals surface area contributed by atoms with Gasteiger partial charge in [-0.15, -0.1) is 4.98 Å². The number of nitrogens with one attached hydrogen (secondary N) is 1. The molecule has 6 nitrogen and oxygen atoms in total. The molecule has 0 aromatic carbocycles. The minimum Gasteiger partial charge on any atom is -0.467 e. The smallest absolute Gasteiger partial charge is 0.324 e. The van der Waals surface area contributed by atoms with E-state index in [0.29, 0.717) is 12.0 Å². The fourth-order valence-electron chi connectivity index (χ4n) is 2.40. The highest BCUT2D eigenvalue weighted by Gasteiger charge is 2.17. The third-order valence-electron chi connectivity index (χ3n) is 3.55. The van der Waals surface area contributed by atoms with Crippen LogP contribution in [-0.4, -0.2) is 35.2 Å². The van der Waals surface area contributed by atoms with E-state index < -0.39 is 0 Å². The SMILES string of the molecule is COc1nc(NC2CCCC(C)CC2)nc(OC)n1. The Bertz CT molecular complexity index is 391. The van der Waals surface area contributed by atoms with Crippen LogP contribution in [0.3, 0.4) is 0 Å². The fourth-order valence-corrected chi connectivity index (χ4v) is 2.40. The minimum atomic E-state index is 0.274. The molecule has 1 N–H and O–H groups in total. The van der Waals surface area contributed by atoms with E-state index >= 15 is 0 Å². The van der Waals surface area contributed by atoms with Crippen LogP contribution in [0.4, 0.5) is 5.95 Å². The van der Waals surface area contributed by atoms with Crippen LogP contribution in [0.2, 0.25) is 0 Å². The van der Waals surface area contributed by atoms with Gasteiger partial charge in [0, 0.05) is 6.04 Å². The number of hydrogen-bond acceptors (Lipinski definition) is 6. The van der Waals surface area contributed by atoms with E-state index in [4.69, 9.17) is 9.47 Å². The van der Waals surface area contributed by atoms with Gasteiger partial charge in [-0.3, -0.25) is 0 Å². The van der Waals surface area contributed by atoms with Crippen molar-refractivity contribution in [3.05, 3.63) is 0 Å². The summed E-state index contributed by atoms with van der Waals surface area (Å²) in [5.41, 5.74) is 0. The Labute approximate surface area is 114 Å². The number of hydrogen-bond donors (Lipinski definition) is 1. The van der Waals surface area contributed by atoms with Crippen LogP contribution in [0.5, 0.6) is 12.0 Å². The molecule has 0 spiro atoms. The van der Waals surface area contributed by atoms with Gasteiger partial charge in [-0.1, -0.05) is 19.8 Å². The van der Waals surface area contributed by atoms with Crippen molar-refractivity contribution in [3.63, 3.8) is 0 Å². The number of aromatic nitrogens is 3. The molecule has 1 heterocycles. The molecule has 19 heavy (non-hydrogen) atoms. The van der Waals surface area contributed by atoms with Crippen LogP contribution in [0.1, 0.15) is 39.0 Å². The quantitative estimate of drug-likeness (QED) is 0.843. The standard InChI is InChI=1S/C13H22N4O2/c1-9-5-4-6-10(8-7-9)14-11-15-12(18-2)17-13(16-11)19-3/h9-10H,4-8H2,1-3H3,(H,14,15,16,17). The molecule has 0 radical (unpaired) electrons. The first-order valence-corrected chi connectivity index (χ1v) is 6.82. The second kappa shape index (κ2) is 6.54. The van der Waals surface area contributed by atoms with Crippen molar-refractivity contribution in [1.82, 2.24) is 15.0 Å². The van der Waals surface area contributed by atoms with Crippen LogP contribution in [0.25, 0.3) is 0 Å². The molecule has 1 aromatic heterocycles. The molecule has 2 unspecified atom stereocenters. The third kappa shape index (κ3) is 3.94. The Morgan fingerprint density at radius 1 is 0.947 bits per heavy atom. The van der Waals surface area contributed by atoms with Crippen molar-refractivity contribution in [2.75, 3.05) is 19.5 Å². The van der Waals surface area contributed by atoms with E-state index in [1.165, 1.54) is 33.5 Å². The zero-order valence-corrected chi connectivity index (χ0v) is 11.8. The van der Waals surface area contributed by atoms with Crippen molar-refractivity contribution in [2.45, 2.75) is 45.1 Å². The lowest BCUT2D eigenvalue weighted by molar-refractivity contribution is 0.340. The molecule has 0 bridgehead atoms. The van der Waals surface area contributed by atoms with Gasteiger partial charge in [0.15, 0.2) is 0 Å². The van der Waals surface area contributed by atoms with Gasteiger partial charge < -0.3 is 14.8 Å². The first-order chi connectivity index (χ1) is 9.21. The lowest BCUT2D eigenvalue weighted by Gasteiger charge is -2.16. The summed E-state index contributed by atoms with van der Waals surface area (Å²) in [6.45, 7) is 2.32. The van der Waals surface area contributed by atoms with Crippen LogP contribution >= 0.6 is 0 Å². The molecule has 1 saturated carbocycles. The van der Waals surface area contributed by atoms with Gasteiger partial charge in [0.25, 0.3) is 0 Å². The van der Waals surface area contributed by atoms with E-state index in [2.05, 4.69) is 27.2 Å². The number of anilines is 1. The second-order valence-corrected chi connectivity index (χ2v) is 5.09. The van der Waals surface area contributed by atoms with Crippen LogP contribution in [-0.2, 0) is 0 Å². The summed E-state index contributed by atoms with van der Waals surface area (Å²) < 4.78 is 10.1. The second-order valence-electron chi connectivity index (χ2n) is 5.09. The summed E-state index contributed by atoms with van der Waals surface area (Å²) >= 11 is 0. The van der Waals surface area contributed by atoms with Gasteiger partial charge in [-0.05, 0) is 25.2 Å². The van der Waals surface area contributed by atoms with Gasteiger partial charge in [0.05, 0.1) is 14.2 Å². The summed E-state index contributed by atoms with van der Waals surface area (Å²) in [6.07, 6.45) is 6.11. The van der Waals surface area contributed by atoms with Gasteiger partial charge in [-0.2, -0.15) is 9.97 Å². The summed E-state index contributed by atoms with van der Waals surface area (Å²) in [6, 6.07) is 0.967. The van der Waals surface area contributed by atoms with E-state index in [-0.39, 0.29) is 12.0 Å². The van der Waals surface area contributed by atoms with Crippen molar-refractivity contribution < 1.29 is 9.47 Å². The Hall–Kier alpha value is -1.59. The van der Waals surface area contributed by atoms with E-state index in [1.54, 1.807) is 0 Å². The normalized spacial score (nSPS) is 23.5. The first-order valence-electron chi connectivity index (χ1n) is 6.82. The summed E-state index contributed by atoms with van der Waals surface area (Å²) in [5, 5.41) is 3.37. The molecule has 1 aliphatic rings. The highest BCUT2D eigenvalue weighted by atomic mass is 16.5. The zero-order chi connectivity index (χ0) is 13.7. The van der Waals surface area contributed by atoms with E-state index in [0.717, 1.165) is 18.8 Å². The molecule has 0 saturated heterocycles. The van der Waals surface area contributed by atoms with Gasteiger partial charge >= 0.3 is 12.0 Å².